The van der Waals surface area contributed by atoms with Crippen molar-refractivity contribution in [2.75, 3.05) is 13.6 Å². The molecule has 0 aromatic heterocycles. The number of hydrogen-bond donors (Lipinski definition) is 1. The fourth-order valence-corrected chi connectivity index (χ4v) is 2.78. The molecule has 18 heavy (non-hydrogen) atoms. The van der Waals surface area contributed by atoms with Gasteiger partial charge in [0.2, 0.25) is 5.91 Å². The van der Waals surface area contributed by atoms with E-state index in [-0.39, 0.29) is 16.9 Å². The maximum absolute atomic E-state index is 12.9. The lowest BCUT2D eigenvalue weighted by Gasteiger charge is -2.42. The highest BCUT2D eigenvalue weighted by molar-refractivity contribution is 5.83. The van der Waals surface area contributed by atoms with Crippen LogP contribution in [-0.4, -0.2) is 29.9 Å². The van der Waals surface area contributed by atoms with Gasteiger partial charge in [0, 0.05) is 19.1 Å². The second-order valence-electron chi connectivity index (χ2n) is 6.43. The van der Waals surface area contributed by atoms with Crippen molar-refractivity contribution in [3.05, 3.63) is 0 Å². The van der Waals surface area contributed by atoms with E-state index in [2.05, 4.69) is 20.8 Å². The van der Waals surface area contributed by atoms with Crippen LogP contribution in [0.4, 0.5) is 0 Å². The molecule has 0 saturated heterocycles. The van der Waals surface area contributed by atoms with Gasteiger partial charge in [-0.05, 0) is 33.1 Å². The van der Waals surface area contributed by atoms with Crippen molar-refractivity contribution < 1.29 is 4.79 Å². The van der Waals surface area contributed by atoms with E-state index in [1.54, 1.807) is 0 Å². The van der Waals surface area contributed by atoms with E-state index in [9.17, 15) is 4.79 Å². The molecule has 1 rings (SSSR count). The van der Waals surface area contributed by atoms with E-state index in [0.29, 0.717) is 6.54 Å². The van der Waals surface area contributed by atoms with Crippen LogP contribution in [-0.2, 0) is 4.79 Å². The molecule has 0 aromatic carbocycles. The number of nitrogens with two attached hydrogens (primary N) is 1. The summed E-state index contributed by atoms with van der Waals surface area (Å²) in [5, 5.41) is 0. The quantitative estimate of drug-likeness (QED) is 0.784. The molecular weight excluding hydrogens is 224 g/mol. The minimum Gasteiger partial charge on any atom is -0.340 e. The topological polar surface area (TPSA) is 46.3 Å². The zero-order chi connectivity index (χ0) is 13.8. The summed E-state index contributed by atoms with van der Waals surface area (Å²) in [6.45, 7) is 6.89. The van der Waals surface area contributed by atoms with E-state index < -0.39 is 0 Å². The average molecular weight is 254 g/mol. The molecule has 0 radical (unpaired) electrons. The SMILES string of the molecule is CCC(C)(C)N(C)C(=O)C1(CN)CCCCCC1. The fraction of sp³-hybridized carbons (Fsp3) is 0.933. The molecule has 0 aliphatic heterocycles. The van der Waals surface area contributed by atoms with Gasteiger partial charge in [-0.25, -0.2) is 0 Å². The van der Waals surface area contributed by atoms with Crippen molar-refractivity contribution in [2.24, 2.45) is 11.1 Å². The van der Waals surface area contributed by atoms with Crippen LogP contribution in [0, 0.1) is 5.41 Å². The molecule has 1 amide bonds. The standard InChI is InChI=1S/C15H30N2O/c1-5-14(2,3)17(4)13(18)15(12-16)10-8-6-7-9-11-15/h5-12,16H2,1-4H3. The molecular formula is C15H30N2O. The van der Waals surface area contributed by atoms with Crippen LogP contribution in [0.3, 0.4) is 0 Å². The van der Waals surface area contributed by atoms with Gasteiger partial charge >= 0.3 is 0 Å². The highest BCUT2D eigenvalue weighted by Gasteiger charge is 2.42. The Balaban J connectivity index is 2.90. The number of nitrogens with zero attached hydrogens (tertiary/aromatic N) is 1. The Labute approximate surface area is 112 Å². The van der Waals surface area contributed by atoms with Crippen LogP contribution in [0.5, 0.6) is 0 Å². The third kappa shape index (κ3) is 3.05. The van der Waals surface area contributed by atoms with Crippen LogP contribution < -0.4 is 5.73 Å². The first-order chi connectivity index (χ1) is 8.39. The summed E-state index contributed by atoms with van der Waals surface area (Å²) in [4.78, 5) is 14.8. The Kier molecular flexibility index (Phi) is 5.20. The van der Waals surface area contributed by atoms with Gasteiger partial charge in [-0.15, -0.1) is 0 Å². The lowest BCUT2D eigenvalue weighted by molar-refractivity contribution is -0.146. The normalized spacial score (nSPS) is 20.3. The predicted octanol–water partition coefficient (Wildman–Crippen LogP) is 2.93. The Morgan fingerprint density at radius 3 is 2.11 bits per heavy atom. The van der Waals surface area contributed by atoms with Gasteiger partial charge in [-0.3, -0.25) is 4.79 Å². The second kappa shape index (κ2) is 6.05. The highest BCUT2D eigenvalue weighted by Crippen LogP contribution is 2.37. The summed E-state index contributed by atoms with van der Waals surface area (Å²) < 4.78 is 0. The Morgan fingerprint density at radius 1 is 1.22 bits per heavy atom. The molecule has 3 nitrogen and oxygen atoms in total. The van der Waals surface area contributed by atoms with Crippen molar-refractivity contribution >= 4 is 5.91 Å². The zero-order valence-corrected chi connectivity index (χ0v) is 12.6. The summed E-state index contributed by atoms with van der Waals surface area (Å²) in [5.74, 6) is 0.263. The molecule has 2 N–H and O–H groups in total. The monoisotopic (exact) mass is 254 g/mol. The van der Waals surface area contributed by atoms with Crippen LogP contribution in [0.1, 0.15) is 65.7 Å². The minimum absolute atomic E-state index is 0.0778. The molecule has 0 atom stereocenters. The van der Waals surface area contributed by atoms with Gasteiger partial charge in [-0.2, -0.15) is 0 Å². The zero-order valence-electron chi connectivity index (χ0n) is 12.6. The first kappa shape index (κ1) is 15.5. The second-order valence-corrected chi connectivity index (χ2v) is 6.43. The van der Waals surface area contributed by atoms with Crippen molar-refractivity contribution in [2.45, 2.75) is 71.3 Å². The number of amides is 1. The molecule has 0 aromatic rings. The largest absolute Gasteiger partial charge is 0.340 e. The average Bonchev–Trinajstić information content (AvgIpc) is 2.63. The van der Waals surface area contributed by atoms with Crippen molar-refractivity contribution in [1.29, 1.82) is 0 Å². The van der Waals surface area contributed by atoms with Gasteiger partial charge in [0.1, 0.15) is 0 Å². The molecule has 1 aliphatic carbocycles. The Bertz CT molecular complexity index is 278. The number of carbonyl (C=O) groups excluding carboxylic acids is 1. The minimum atomic E-state index is -0.294. The first-order valence-electron chi connectivity index (χ1n) is 7.38. The third-order valence-corrected chi connectivity index (χ3v) is 4.98. The molecule has 0 bridgehead atoms. The highest BCUT2D eigenvalue weighted by atomic mass is 16.2. The molecule has 1 fully saturated rings. The van der Waals surface area contributed by atoms with E-state index in [1.165, 1.54) is 12.8 Å². The van der Waals surface area contributed by atoms with Gasteiger partial charge < -0.3 is 10.6 Å². The Morgan fingerprint density at radius 2 is 1.72 bits per heavy atom. The fourth-order valence-electron chi connectivity index (χ4n) is 2.78. The van der Waals surface area contributed by atoms with Crippen LogP contribution >= 0.6 is 0 Å². The maximum atomic E-state index is 12.9. The summed E-state index contributed by atoms with van der Waals surface area (Å²) in [6.07, 6.45) is 7.67. The van der Waals surface area contributed by atoms with Crippen molar-refractivity contribution in [3.8, 4) is 0 Å². The smallest absolute Gasteiger partial charge is 0.230 e. The molecule has 0 unspecified atom stereocenters. The first-order valence-corrected chi connectivity index (χ1v) is 7.38. The molecule has 106 valence electrons. The predicted molar refractivity (Wildman–Crippen MR) is 76.3 cm³/mol. The van der Waals surface area contributed by atoms with E-state index in [0.717, 1.165) is 32.1 Å². The number of hydrogen-bond acceptors (Lipinski definition) is 2. The molecule has 0 heterocycles. The summed E-state index contributed by atoms with van der Waals surface area (Å²) >= 11 is 0. The maximum Gasteiger partial charge on any atom is 0.230 e. The van der Waals surface area contributed by atoms with Crippen molar-refractivity contribution in [3.63, 3.8) is 0 Å². The molecule has 0 spiro atoms. The molecule has 3 heteroatoms. The lowest BCUT2D eigenvalue weighted by Crippen LogP contribution is -2.53. The van der Waals surface area contributed by atoms with Gasteiger partial charge in [0.25, 0.3) is 0 Å². The van der Waals surface area contributed by atoms with Crippen LogP contribution in [0.25, 0.3) is 0 Å². The lowest BCUT2D eigenvalue weighted by atomic mass is 9.78. The van der Waals surface area contributed by atoms with E-state index in [4.69, 9.17) is 5.73 Å². The van der Waals surface area contributed by atoms with Crippen LogP contribution in [0.2, 0.25) is 0 Å². The van der Waals surface area contributed by atoms with Gasteiger partial charge in [-0.1, -0.05) is 32.6 Å². The summed E-state index contributed by atoms with van der Waals surface area (Å²) in [5.41, 5.74) is 5.61. The molecule has 1 aliphatic rings. The van der Waals surface area contributed by atoms with Crippen LogP contribution in [0.15, 0.2) is 0 Å². The van der Waals surface area contributed by atoms with Crippen molar-refractivity contribution in [1.82, 2.24) is 4.90 Å². The number of rotatable bonds is 4. The van der Waals surface area contributed by atoms with E-state index in [1.807, 2.05) is 11.9 Å². The molecule has 1 saturated carbocycles. The van der Waals surface area contributed by atoms with E-state index >= 15 is 0 Å². The van der Waals surface area contributed by atoms with Gasteiger partial charge in [0.15, 0.2) is 0 Å². The van der Waals surface area contributed by atoms with Gasteiger partial charge in [0.05, 0.1) is 5.41 Å². The summed E-state index contributed by atoms with van der Waals surface area (Å²) in [6, 6.07) is 0. The Hall–Kier alpha value is -0.570. The third-order valence-electron chi connectivity index (χ3n) is 4.98. The number of carbonyl (C=O) groups is 1. The summed E-state index contributed by atoms with van der Waals surface area (Å²) in [7, 11) is 1.94.